The fourth-order valence-electron chi connectivity index (χ4n) is 1.30. The molecule has 0 N–H and O–H groups in total. The Labute approximate surface area is 108 Å². The van der Waals surface area contributed by atoms with Crippen LogP contribution in [0.4, 0.5) is 0 Å². The van der Waals surface area contributed by atoms with Crippen molar-refractivity contribution in [3.63, 3.8) is 0 Å². The first-order chi connectivity index (χ1) is 8.04. The average Bonchev–Trinajstić information content (AvgIpc) is 2.75. The zero-order valence-corrected chi connectivity index (χ0v) is 12.1. The summed E-state index contributed by atoms with van der Waals surface area (Å²) in [6, 6.07) is 10.2. The van der Waals surface area contributed by atoms with E-state index in [9.17, 15) is 0 Å². The molecular formula is C14H15NSSi. The van der Waals surface area contributed by atoms with E-state index in [1.807, 2.05) is 24.4 Å². The SMILES string of the molecule is C[Si](C)(C)C#Cc1cnc(-c2ccccc2)s1. The zero-order chi connectivity index (χ0) is 12.3. The fraction of sp³-hybridized carbons (Fsp3) is 0.214. The van der Waals surface area contributed by atoms with Crippen molar-refractivity contribution >= 4 is 19.4 Å². The Hall–Kier alpha value is -1.37. The Morgan fingerprint density at radius 1 is 1.12 bits per heavy atom. The Bertz CT molecular complexity index is 555. The summed E-state index contributed by atoms with van der Waals surface area (Å²) in [5, 5.41) is 1.05. The molecule has 1 aromatic carbocycles. The van der Waals surface area contributed by atoms with E-state index in [0.717, 1.165) is 9.88 Å². The van der Waals surface area contributed by atoms with Gasteiger partial charge in [-0.2, -0.15) is 0 Å². The van der Waals surface area contributed by atoms with Crippen LogP contribution >= 0.6 is 11.3 Å². The van der Waals surface area contributed by atoms with E-state index in [1.165, 1.54) is 5.56 Å². The molecule has 0 spiro atoms. The monoisotopic (exact) mass is 257 g/mol. The molecule has 2 rings (SSSR count). The highest BCUT2D eigenvalue weighted by molar-refractivity contribution is 7.15. The summed E-state index contributed by atoms with van der Waals surface area (Å²) in [6.45, 7) is 6.75. The normalized spacial score (nSPS) is 10.8. The number of hydrogen-bond acceptors (Lipinski definition) is 2. The van der Waals surface area contributed by atoms with Crippen LogP contribution in [-0.4, -0.2) is 13.1 Å². The molecule has 0 saturated carbocycles. The first kappa shape index (κ1) is 12.1. The maximum absolute atomic E-state index is 4.42. The molecule has 0 aliphatic rings. The van der Waals surface area contributed by atoms with Crippen LogP contribution in [0.2, 0.25) is 19.6 Å². The molecule has 17 heavy (non-hydrogen) atoms. The van der Waals surface area contributed by atoms with Crippen molar-refractivity contribution < 1.29 is 0 Å². The summed E-state index contributed by atoms with van der Waals surface area (Å²) in [7, 11) is -1.29. The molecule has 0 atom stereocenters. The molecule has 0 amide bonds. The second-order valence-corrected chi connectivity index (χ2v) is 10.7. The number of aromatic nitrogens is 1. The highest BCUT2D eigenvalue weighted by atomic mass is 32.1. The Balaban J connectivity index is 2.25. The van der Waals surface area contributed by atoms with Gasteiger partial charge in [0.15, 0.2) is 0 Å². The Kier molecular flexibility index (Phi) is 3.46. The number of benzene rings is 1. The van der Waals surface area contributed by atoms with Gasteiger partial charge >= 0.3 is 0 Å². The topological polar surface area (TPSA) is 12.9 Å². The standard InChI is InChI=1S/C14H15NSSi/c1-17(2,3)10-9-13-11-15-14(16-13)12-7-5-4-6-8-12/h4-8,11H,1-3H3. The Morgan fingerprint density at radius 2 is 1.82 bits per heavy atom. The average molecular weight is 257 g/mol. The van der Waals surface area contributed by atoms with Crippen molar-refractivity contribution in [3.8, 4) is 22.0 Å². The van der Waals surface area contributed by atoms with Gasteiger partial charge in [0.2, 0.25) is 0 Å². The minimum atomic E-state index is -1.29. The summed E-state index contributed by atoms with van der Waals surface area (Å²) in [6.07, 6.45) is 1.88. The van der Waals surface area contributed by atoms with E-state index in [-0.39, 0.29) is 0 Å². The molecule has 1 heterocycles. The second kappa shape index (κ2) is 4.87. The molecule has 1 aromatic heterocycles. The van der Waals surface area contributed by atoms with Crippen molar-refractivity contribution in [1.29, 1.82) is 0 Å². The lowest BCUT2D eigenvalue weighted by Crippen LogP contribution is -2.16. The molecule has 0 unspecified atom stereocenters. The third-order valence-corrected chi connectivity index (χ3v) is 3.92. The smallest absolute Gasteiger partial charge is 0.129 e. The molecule has 86 valence electrons. The van der Waals surface area contributed by atoms with E-state index in [0.29, 0.717) is 0 Å². The van der Waals surface area contributed by atoms with Crippen molar-refractivity contribution in [3.05, 3.63) is 41.4 Å². The van der Waals surface area contributed by atoms with Gasteiger partial charge in [0.1, 0.15) is 13.1 Å². The third-order valence-electron chi connectivity index (χ3n) is 2.09. The van der Waals surface area contributed by atoms with Crippen LogP contribution in [-0.2, 0) is 0 Å². The maximum Gasteiger partial charge on any atom is 0.129 e. The van der Waals surface area contributed by atoms with Gasteiger partial charge in [0.25, 0.3) is 0 Å². The van der Waals surface area contributed by atoms with Crippen molar-refractivity contribution in [1.82, 2.24) is 4.98 Å². The molecule has 0 saturated heterocycles. The third kappa shape index (κ3) is 3.55. The van der Waals surface area contributed by atoms with Crippen LogP contribution in [0.5, 0.6) is 0 Å². The zero-order valence-electron chi connectivity index (χ0n) is 10.3. The lowest BCUT2D eigenvalue weighted by Gasteiger charge is -2.02. The predicted octanol–water partition coefficient (Wildman–Crippen LogP) is 4.04. The van der Waals surface area contributed by atoms with Crippen LogP contribution in [0.3, 0.4) is 0 Å². The van der Waals surface area contributed by atoms with E-state index in [1.54, 1.807) is 11.3 Å². The fourth-order valence-corrected chi connectivity index (χ4v) is 2.67. The van der Waals surface area contributed by atoms with Crippen molar-refractivity contribution in [2.45, 2.75) is 19.6 Å². The maximum atomic E-state index is 4.42. The second-order valence-electron chi connectivity index (χ2n) is 4.90. The molecule has 0 aliphatic carbocycles. The molecule has 0 bridgehead atoms. The summed E-state index contributed by atoms with van der Waals surface area (Å²) < 4.78 is 0. The summed E-state index contributed by atoms with van der Waals surface area (Å²) in [5.74, 6) is 3.24. The predicted molar refractivity (Wildman–Crippen MR) is 77.8 cm³/mol. The quantitative estimate of drug-likeness (QED) is 0.555. The molecular weight excluding hydrogens is 242 g/mol. The lowest BCUT2D eigenvalue weighted by molar-refractivity contribution is 1.41. The van der Waals surface area contributed by atoms with Gasteiger partial charge in [-0.15, -0.1) is 16.9 Å². The van der Waals surface area contributed by atoms with Gasteiger partial charge in [-0.05, 0) is 0 Å². The van der Waals surface area contributed by atoms with Gasteiger partial charge in [0, 0.05) is 5.56 Å². The van der Waals surface area contributed by atoms with Gasteiger partial charge in [-0.3, -0.25) is 0 Å². The van der Waals surface area contributed by atoms with Crippen LogP contribution < -0.4 is 0 Å². The van der Waals surface area contributed by atoms with Crippen LogP contribution in [0, 0.1) is 11.5 Å². The molecule has 0 fully saturated rings. The number of thiazole rings is 1. The van der Waals surface area contributed by atoms with E-state index < -0.39 is 8.07 Å². The van der Waals surface area contributed by atoms with Crippen LogP contribution in [0.25, 0.3) is 10.6 Å². The largest absolute Gasteiger partial charge is 0.243 e. The summed E-state index contributed by atoms with van der Waals surface area (Å²) in [5.41, 5.74) is 4.53. The molecule has 0 aliphatic heterocycles. The van der Waals surface area contributed by atoms with Gasteiger partial charge in [0.05, 0.1) is 11.1 Å². The minimum absolute atomic E-state index is 1.05. The van der Waals surface area contributed by atoms with Crippen LogP contribution in [0.15, 0.2) is 36.5 Å². The summed E-state index contributed by atoms with van der Waals surface area (Å²) in [4.78, 5) is 5.48. The minimum Gasteiger partial charge on any atom is -0.243 e. The highest BCUT2D eigenvalue weighted by Crippen LogP contribution is 2.24. The van der Waals surface area contributed by atoms with E-state index >= 15 is 0 Å². The first-order valence-electron chi connectivity index (χ1n) is 5.59. The molecule has 1 nitrogen and oxygen atoms in total. The number of hydrogen-bond donors (Lipinski definition) is 0. The van der Waals surface area contributed by atoms with Crippen molar-refractivity contribution in [2.75, 3.05) is 0 Å². The number of nitrogens with zero attached hydrogens (tertiary/aromatic N) is 1. The van der Waals surface area contributed by atoms with E-state index in [4.69, 9.17) is 0 Å². The summed E-state index contributed by atoms with van der Waals surface area (Å²) >= 11 is 1.66. The molecule has 0 radical (unpaired) electrons. The number of rotatable bonds is 1. The lowest BCUT2D eigenvalue weighted by atomic mass is 10.2. The van der Waals surface area contributed by atoms with Gasteiger partial charge < -0.3 is 0 Å². The van der Waals surface area contributed by atoms with Gasteiger partial charge in [-0.25, -0.2) is 4.98 Å². The highest BCUT2D eigenvalue weighted by Gasteiger charge is 2.08. The molecule has 2 aromatic rings. The van der Waals surface area contributed by atoms with Crippen molar-refractivity contribution in [2.24, 2.45) is 0 Å². The van der Waals surface area contributed by atoms with Gasteiger partial charge in [-0.1, -0.05) is 55.9 Å². The Morgan fingerprint density at radius 3 is 2.47 bits per heavy atom. The molecule has 3 heteroatoms. The first-order valence-corrected chi connectivity index (χ1v) is 9.91. The van der Waals surface area contributed by atoms with E-state index in [2.05, 4.69) is 48.2 Å². The van der Waals surface area contributed by atoms with Crippen LogP contribution in [0.1, 0.15) is 4.88 Å².